The highest BCUT2D eigenvalue weighted by Crippen LogP contribution is 2.12. The molecule has 1 unspecified atom stereocenters. The summed E-state index contributed by atoms with van der Waals surface area (Å²) in [6.07, 6.45) is 2.91. The van der Waals surface area contributed by atoms with Crippen molar-refractivity contribution in [1.82, 2.24) is 9.97 Å². The number of ether oxygens (including phenoxy) is 1. The van der Waals surface area contributed by atoms with Crippen LogP contribution in [0.3, 0.4) is 0 Å². The first-order valence-corrected chi connectivity index (χ1v) is 4.96. The van der Waals surface area contributed by atoms with Crippen molar-refractivity contribution in [3.05, 3.63) is 18.0 Å². The zero-order valence-electron chi connectivity index (χ0n) is 8.36. The molecular formula is C10H15N3O. The predicted molar refractivity (Wildman–Crippen MR) is 54.2 cm³/mol. The van der Waals surface area contributed by atoms with E-state index >= 15 is 0 Å². The molecule has 1 saturated heterocycles. The normalized spacial score (nSPS) is 21.1. The van der Waals surface area contributed by atoms with Crippen LogP contribution in [0.4, 0.5) is 5.95 Å². The lowest BCUT2D eigenvalue weighted by atomic mass is 10.1. The summed E-state index contributed by atoms with van der Waals surface area (Å²) in [4.78, 5) is 8.41. The fraction of sp³-hybridized carbons (Fsp3) is 0.600. The van der Waals surface area contributed by atoms with Crippen LogP contribution in [0.5, 0.6) is 0 Å². The Balaban J connectivity index is 1.85. The van der Waals surface area contributed by atoms with Gasteiger partial charge in [0.05, 0.1) is 6.61 Å². The van der Waals surface area contributed by atoms with Crippen molar-refractivity contribution in [1.29, 1.82) is 0 Å². The van der Waals surface area contributed by atoms with Gasteiger partial charge >= 0.3 is 0 Å². The van der Waals surface area contributed by atoms with Crippen molar-refractivity contribution in [3.63, 3.8) is 0 Å². The Morgan fingerprint density at radius 3 is 3.29 bits per heavy atom. The summed E-state index contributed by atoms with van der Waals surface area (Å²) in [5.74, 6) is 1.33. The van der Waals surface area contributed by atoms with E-state index in [2.05, 4.69) is 15.3 Å². The van der Waals surface area contributed by atoms with E-state index in [1.807, 2.05) is 13.0 Å². The van der Waals surface area contributed by atoms with Crippen molar-refractivity contribution >= 4 is 5.95 Å². The fourth-order valence-corrected chi connectivity index (χ4v) is 1.51. The maximum Gasteiger partial charge on any atom is 0.222 e. The highest BCUT2D eigenvalue weighted by atomic mass is 16.5. The van der Waals surface area contributed by atoms with E-state index in [0.29, 0.717) is 5.92 Å². The Morgan fingerprint density at radius 1 is 1.64 bits per heavy atom. The van der Waals surface area contributed by atoms with E-state index in [4.69, 9.17) is 4.74 Å². The second kappa shape index (κ2) is 4.37. The minimum Gasteiger partial charge on any atom is -0.381 e. The van der Waals surface area contributed by atoms with Gasteiger partial charge in [0.25, 0.3) is 0 Å². The minimum atomic E-state index is 0.610. The summed E-state index contributed by atoms with van der Waals surface area (Å²) in [5, 5.41) is 3.23. The van der Waals surface area contributed by atoms with E-state index in [-0.39, 0.29) is 0 Å². The first kappa shape index (κ1) is 9.40. The van der Waals surface area contributed by atoms with Crippen LogP contribution in [-0.2, 0) is 4.74 Å². The average molecular weight is 193 g/mol. The summed E-state index contributed by atoms with van der Waals surface area (Å²) in [5.41, 5.74) is 0.991. The lowest BCUT2D eigenvalue weighted by molar-refractivity contribution is 0.187. The van der Waals surface area contributed by atoms with Crippen molar-refractivity contribution in [3.8, 4) is 0 Å². The third-order valence-electron chi connectivity index (χ3n) is 2.37. The van der Waals surface area contributed by atoms with Gasteiger partial charge in [-0.05, 0) is 19.4 Å². The van der Waals surface area contributed by atoms with Gasteiger partial charge in [0.1, 0.15) is 0 Å². The van der Waals surface area contributed by atoms with Crippen LogP contribution in [-0.4, -0.2) is 29.7 Å². The maximum atomic E-state index is 5.29. The topological polar surface area (TPSA) is 47.0 Å². The number of nitrogens with zero attached hydrogens (tertiary/aromatic N) is 2. The van der Waals surface area contributed by atoms with E-state index in [1.54, 1.807) is 6.20 Å². The van der Waals surface area contributed by atoms with Gasteiger partial charge in [0.2, 0.25) is 5.95 Å². The minimum absolute atomic E-state index is 0.610. The first-order chi connectivity index (χ1) is 6.84. The molecule has 1 aromatic heterocycles. The van der Waals surface area contributed by atoms with E-state index in [0.717, 1.165) is 37.8 Å². The first-order valence-electron chi connectivity index (χ1n) is 4.96. The SMILES string of the molecule is Cc1ccnc(NCC2CCOC2)n1. The van der Waals surface area contributed by atoms with E-state index in [1.165, 1.54) is 0 Å². The Bertz CT molecular complexity index is 297. The van der Waals surface area contributed by atoms with Gasteiger partial charge in [0, 0.05) is 31.0 Å². The van der Waals surface area contributed by atoms with Crippen LogP contribution in [0.15, 0.2) is 12.3 Å². The van der Waals surface area contributed by atoms with Crippen molar-refractivity contribution in [2.75, 3.05) is 25.1 Å². The average Bonchev–Trinajstić information content (AvgIpc) is 2.67. The second-order valence-corrected chi connectivity index (χ2v) is 3.63. The summed E-state index contributed by atoms with van der Waals surface area (Å²) in [7, 11) is 0. The molecule has 4 heteroatoms. The van der Waals surface area contributed by atoms with Crippen molar-refractivity contribution < 1.29 is 4.74 Å². The van der Waals surface area contributed by atoms with Crippen LogP contribution in [0.1, 0.15) is 12.1 Å². The highest BCUT2D eigenvalue weighted by molar-refractivity contribution is 5.24. The molecule has 76 valence electrons. The second-order valence-electron chi connectivity index (χ2n) is 3.63. The molecule has 0 spiro atoms. The van der Waals surface area contributed by atoms with Gasteiger partial charge in [-0.2, -0.15) is 0 Å². The van der Waals surface area contributed by atoms with Gasteiger partial charge in [-0.25, -0.2) is 9.97 Å². The summed E-state index contributed by atoms with van der Waals surface area (Å²) in [6.45, 7) is 4.62. The molecule has 1 N–H and O–H groups in total. The van der Waals surface area contributed by atoms with Gasteiger partial charge in [-0.15, -0.1) is 0 Å². The Hall–Kier alpha value is -1.16. The molecular weight excluding hydrogens is 178 g/mol. The van der Waals surface area contributed by atoms with Crippen LogP contribution >= 0.6 is 0 Å². The molecule has 0 aromatic carbocycles. The molecule has 0 bridgehead atoms. The zero-order valence-corrected chi connectivity index (χ0v) is 8.36. The smallest absolute Gasteiger partial charge is 0.222 e. The molecule has 2 rings (SSSR count). The number of hydrogen-bond donors (Lipinski definition) is 1. The molecule has 2 heterocycles. The largest absolute Gasteiger partial charge is 0.381 e. The molecule has 0 saturated carbocycles. The molecule has 0 amide bonds. The summed E-state index contributed by atoms with van der Waals surface area (Å²) >= 11 is 0. The molecule has 1 fully saturated rings. The van der Waals surface area contributed by atoms with Gasteiger partial charge < -0.3 is 10.1 Å². The summed E-state index contributed by atoms with van der Waals surface area (Å²) in [6, 6.07) is 1.89. The number of nitrogens with one attached hydrogen (secondary N) is 1. The Kier molecular flexibility index (Phi) is 2.93. The molecule has 4 nitrogen and oxygen atoms in total. The summed E-state index contributed by atoms with van der Waals surface area (Å²) < 4.78 is 5.29. The molecule has 1 atom stereocenters. The molecule has 14 heavy (non-hydrogen) atoms. The number of rotatable bonds is 3. The highest BCUT2D eigenvalue weighted by Gasteiger charge is 2.15. The lowest BCUT2D eigenvalue weighted by Gasteiger charge is -2.08. The van der Waals surface area contributed by atoms with Crippen LogP contribution in [0.2, 0.25) is 0 Å². The quantitative estimate of drug-likeness (QED) is 0.784. The third-order valence-corrected chi connectivity index (χ3v) is 2.37. The predicted octanol–water partition coefficient (Wildman–Crippen LogP) is 1.23. The number of hydrogen-bond acceptors (Lipinski definition) is 4. The molecule has 0 aliphatic carbocycles. The maximum absolute atomic E-state index is 5.29. The Labute approximate surface area is 83.7 Å². The van der Waals surface area contributed by atoms with Gasteiger partial charge in [-0.1, -0.05) is 0 Å². The van der Waals surface area contributed by atoms with Crippen LogP contribution in [0, 0.1) is 12.8 Å². The molecule has 1 aromatic rings. The van der Waals surface area contributed by atoms with Crippen molar-refractivity contribution in [2.45, 2.75) is 13.3 Å². The number of aromatic nitrogens is 2. The number of anilines is 1. The van der Waals surface area contributed by atoms with Crippen LogP contribution in [0.25, 0.3) is 0 Å². The molecule has 1 aliphatic rings. The zero-order chi connectivity index (χ0) is 9.80. The van der Waals surface area contributed by atoms with Crippen molar-refractivity contribution in [2.24, 2.45) is 5.92 Å². The molecule has 0 radical (unpaired) electrons. The number of aryl methyl sites for hydroxylation is 1. The van der Waals surface area contributed by atoms with Crippen LogP contribution < -0.4 is 5.32 Å². The van der Waals surface area contributed by atoms with E-state index < -0.39 is 0 Å². The lowest BCUT2D eigenvalue weighted by Crippen LogP contribution is -2.15. The van der Waals surface area contributed by atoms with E-state index in [9.17, 15) is 0 Å². The molecule has 1 aliphatic heterocycles. The van der Waals surface area contributed by atoms with Gasteiger partial charge in [-0.3, -0.25) is 0 Å². The fourth-order valence-electron chi connectivity index (χ4n) is 1.51. The Morgan fingerprint density at radius 2 is 2.57 bits per heavy atom. The standard InChI is InChI=1S/C10H15N3O/c1-8-2-4-11-10(13-8)12-6-9-3-5-14-7-9/h2,4,9H,3,5-7H2,1H3,(H,11,12,13). The monoisotopic (exact) mass is 193 g/mol. The third kappa shape index (κ3) is 2.42. The van der Waals surface area contributed by atoms with Gasteiger partial charge in [0.15, 0.2) is 0 Å².